The summed E-state index contributed by atoms with van der Waals surface area (Å²) >= 11 is 0.761. The Morgan fingerprint density at radius 3 is 1.99 bits per heavy atom. The zero-order chi connectivity index (χ0) is 48.1. The van der Waals surface area contributed by atoms with Gasteiger partial charge in [-0.3, -0.25) is 14.6 Å². The summed E-state index contributed by atoms with van der Waals surface area (Å²) in [6, 6.07) is 32.9. The van der Waals surface area contributed by atoms with Crippen molar-refractivity contribution >= 4 is 49.3 Å². The Kier molecular flexibility index (Phi) is 10.8. The van der Waals surface area contributed by atoms with Gasteiger partial charge in [-0.25, -0.2) is 13.8 Å². The lowest BCUT2D eigenvalue weighted by molar-refractivity contribution is -0.143. The number of thiazole rings is 1. The fourth-order valence-electron chi connectivity index (χ4n) is 11.7. The number of benzene rings is 5. The van der Waals surface area contributed by atoms with Gasteiger partial charge in [-0.05, 0) is 79.1 Å². The number of carbonyl (C=O) groups is 1. The molecule has 2 unspecified atom stereocenters. The van der Waals surface area contributed by atoms with Gasteiger partial charge in [0.05, 0.1) is 32.9 Å². The lowest BCUT2D eigenvalue weighted by atomic mass is 9.73. The minimum atomic E-state index is -5.07. The molecular weight excluding hydrogens is 908 g/mol. The molecular formula is C53H51F5N8O2S. The SMILES string of the molecule is CC(C)(C)C1(C(=O)N2CC(Nc3nc(OCC45CCCN4CCC5)nc4c(F)c(-c5ccc(F)c6sc(N)nc56)c(C(F)(F)F)cc34)C2)CN1C(c1ccccc1)(c1ccccc1)c1ccccc1. The molecule has 6 heterocycles. The Morgan fingerprint density at radius 1 is 0.826 bits per heavy atom. The molecule has 0 radical (unpaired) electrons. The van der Waals surface area contributed by atoms with Gasteiger partial charge < -0.3 is 20.7 Å². The van der Waals surface area contributed by atoms with E-state index in [4.69, 9.17) is 10.5 Å². The molecule has 2 atom stereocenters. The first-order valence-corrected chi connectivity index (χ1v) is 24.2. The van der Waals surface area contributed by atoms with Gasteiger partial charge in [0, 0.05) is 36.1 Å². The number of nitrogen functional groups attached to an aromatic ring is 1. The molecule has 4 aliphatic heterocycles. The van der Waals surface area contributed by atoms with Crippen LogP contribution < -0.4 is 15.8 Å². The van der Waals surface area contributed by atoms with Crippen molar-refractivity contribution in [3.8, 4) is 17.1 Å². The molecule has 0 aliphatic carbocycles. The van der Waals surface area contributed by atoms with Crippen molar-refractivity contribution in [1.29, 1.82) is 0 Å². The van der Waals surface area contributed by atoms with Crippen LogP contribution in [0.2, 0.25) is 0 Å². The maximum absolute atomic E-state index is 17.4. The first-order valence-electron chi connectivity index (χ1n) is 23.4. The summed E-state index contributed by atoms with van der Waals surface area (Å²) in [7, 11) is 0. The normalized spacial score (nSPS) is 20.6. The number of fused-ring (bicyclic) bond motifs is 3. The Balaban J connectivity index is 0.964. The van der Waals surface area contributed by atoms with Crippen molar-refractivity contribution in [2.45, 2.75) is 75.3 Å². The average molecular weight is 959 g/mol. The highest BCUT2D eigenvalue weighted by Gasteiger charge is 2.72. The zero-order valence-corrected chi connectivity index (χ0v) is 39.2. The highest BCUT2D eigenvalue weighted by Crippen LogP contribution is 2.60. The lowest BCUT2D eigenvalue weighted by Gasteiger charge is -2.47. The van der Waals surface area contributed by atoms with Crippen LogP contribution in [0.1, 0.15) is 68.7 Å². The second-order valence-corrected chi connectivity index (χ2v) is 21.0. The number of amides is 1. The van der Waals surface area contributed by atoms with Crippen LogP contribution in [0.5, 0.6) is 6.01 Å². The standard InChI is InChI=1S/C53H51F5N8O2S/c1-49(2,3)51(30-66(51)52(32-15-7-4-8-16-32,33-17-9-5-10-18-33)34-19-11-6-12-20-34)46(67)64-28-35(29-64)60-45-37-27-38(53(56,57)58)40(36-21-22-39(54)44-43(36)61-47(59)69-44)41(55)42(37)62-48(63-45)68-31-50-23-13-25-65(50)26-14-24-50/h4-12,15-22,27,35H,13-14,23-26,28-31H2,1-3H3,(H2,59,61)(H,60,62,63). The predicted molar refractivity (Wildman–Crippen MR) is 258 cm³/mol. The monoisotopic (exact) mass is 958 g/mol. The van der Waals surface area contributed by atoms with Crippen LogP contribution in [0, 0.1) is 17.0 Å². The lowest BCUT2D eigenvalue weighted by Crippen LogP contribution is -2.63. The van der Waals surface area contributed by atoms with E-state index >= 15 is 22.4 Å². The zero-order valence-electron chi connectivity index (χ0n) is 38.4. The first-order chi connectivity index (χ1) is 33.0. The van der Waals surface area contributed by atoms with E-state index in [2.05, 4.69) is 87.2 Å². The number of carbonyl (C=O) groups excluding carboxylic acids is 1. The molecule has 16 heteroatoms. The van der Waals surface area contributed by atoms with Gasteiger partial charge in [0.25, 0.3) is 0 Å². The quantitative estimate of drug-likeness (QED) is 0.0744. The third-order valence-corrected chi connectivity index (χ3v) is 16.0. The van der Waals surface area contributed by atoms with E-state index in [9.17, 15) is 4.39 Å². The van der Waals surface area contributed by atoms with Gasteiger partial charge in [0.15, 0.2) is 10.9 Å². The molecule has 1 amide bonds. The van der Waals surface area contributed by atoms with Gasteiger partial charge in [-0.15, -0.1) is 0 Å². The molecule has 5 aromatic carbocycles. The Hall–Kier alpha value is -6.23. The number of hydrogen-bond donors (Lipinski definition) is 2. The van der Waals surface area contributed by atoms with Crippen molar-refractivity contribution in [2.75, 3.05) is 50.4 Å². The molecule has 0 saturated carbocycles. The van der Waals surface area contributed by atoms with E-state index in [1.807, 2.05) is 54.6 Å². The predicted octanol–water partition coefficient (Wildman–Crippen LogP) is 10.5. The van der Waals surface area contributed by atoms with E-state index in [0.717, 1.165) is 85.0 Å². The van der Waals surface area contributed by atoms with Gasteiger partial charge >= 0.3 is 12.2 Å². The second kappa shape index (κ2) is 16.4. The fraction of sp³-hybridized carbons (Fsp3) is 0.358. The third-order valence-electron chi connectivity index (χ3n) is 15.1. The topological polar surface area (TPSA) is 113 Å². The number of nitrogens with zero attached hydrogens (tertiary/aromatic N) is 6. The molecule has 3 N–H and O–H groups in total. The van der Waals surface area contributed by atoms with Crippen molar-refractivity contribution < 1.29 is 31.5 Å². The number of halogens is 5. The minimum Gasteiger partial charge on any atom is -0.461 e. The van der Waals surface area contributed by atoms with E-state index in [1.165, 1.54) is 0 Å². The highest BCUT2D eigenvalue weighted by atomic mass is 32.1. The number of likely N-dealkylation sites (tertiary alicyclic amines) is 1. The van der Waals surface area contributed by atoms with Crippen LogP contribution in [-0.4, -0.2) is 92.0 Å². The van der Waals surface area contributed by atoms with Crippen LogP contribution in [0.4, 0.5) is 32.9 Å². The summed E-state index contributed by atoms with van der Waals surface area (Å²) in [6.07, 6.45) is -1.27. The van der Waals surface area contributed by atoms with E-state index in [0.29, 0.717) is 6.54 Å². The largest absolute Gasteiger partial charge is 0.461 e. The number of ether oxygens (including phenoxy) is 1. The highest BCUT2D eigenvalue weighted by molar-refractivity contribution is 7.22. The summed E-state index contributed by atoms with van der Waals surface area (Å²) in [6.45, 7) is 9.17. The number of anilines is 2. The summed E-state index contributed by atoms with van der Waals surface area (Å²) in [5.41, 5.74) is 3.30. The van der Waals surface area contributed by atoms with Gasteiger partial charge in [-0.1, -0.05) is 123 Å². The number of rotatable bonds is 11. The molecule has 4 fully saturated rings. The van der Waals surface area contributed by atoms with Crippen molar-refractivity contribution in [1.82, 2.24) is 29.7 Å². The van der Waals surface area contributed by atoms with E-state index < -0.39 is 57.0 Å². The Morgan fingerprint density at radius 2 is 1.42 bits per heavy atom. The fourth-order valence-corrected chi connectivity index (χ4v) is 12.4. The average Bonchev–Trinajstić information content (AvgIpc) is 3.53. The van der Waals surface area contributed by atoms with Crippen LogP contribution in [0.15, 0.2) is 109 Å². The number of nitrogens with one attached hydrogen (secondary N) is 1. The molecule has 7 aromatic rings. The van der Waals surface area contributed by atoms with Crippen LogP contribution >= 0.6 is 11.3 Å². The Bertz CT molecular complexity index is 3000. The minimum absolute atomic E-state index is 0.0627. The summed E-state index contributed by atoms with van der Waals surface area (Å²) in [4.78, 5) is 35.1. The van der Waals surface area contributed by atoms with Crippen molar-refractivity contribution in [2.24, 2.45) is 5.41 Å². The number of aromatic nitrogens is 3. The molecule has 2 aromatic heterocycles. The number of nitrogens with two attached hydrogens (primary N) is 1. The molecule has 356 valence electrons. The smallest absolute Gasteiger partial charge is 0.417 e. The van der Waals surface area contributed by atoms with Crippen LogP contribution in [0.25, 0.3) is 32.2 Å². The summed E-state index contributed by atoms with van der Waals surface area (Å²) in [5.74, 6) is -2.17. The van der Waals surface area contributed by atoms with Crippen LogP contribution in [0.3, 0.4) is 0 Å². The molecule has 11 rings (SSSR count). The molecule has 0 bridgehead atoms. The molecule has 4 saturated heterocycles. The molecule has 10 nitrogen and oxygen atoms in total. The van der Waals surface area contributed by atoms with Gasteiger partial charge in [0.2, 0.25) is 5.91 Å². The summed E-state index contributed by atoms with van der Waals surface area (Å²) in [5, 5.41) is 2.99. The maximum Gasteiger partial charge on any atom is 0.417 e. The molecule has 0 spiro atoms. The van der Waals surface area contributed by atoms with E-state index in [-0.39, 0.29) is 69.3 Å². The van der Waals surface area contributed by atoms with Crippen LogP contribution in [-0.2, 0) is 16.5 Å². The number of hydrogen-bond acceptors (Lipinski definition) is 10. The third kappa shape index (κ3) is 7.22. The Labute approximate surface area is 400 Å². The van der Waals surface area contributed by atoms with Gasteiger partial charge in [-0.2, -0.15) is 23.1 Å². The van der Waals surface area contributed by atoms with Crippen molar-refractivity contribution in [3.05, 3.63) is 143 Å². The molecule has 4 aliphatic rings. The number of alkyl halides is 3. The molecule has 69 heavy (non-hydrogen) atoms. The maximum atomic E-state index is 17.4. The summed E-state index contributed by atoms with van der Waals surface area (Å²) < 4.78 is 84.4. The first kappa shape index (κ1) is 45.2. The van der Waals surface area contributed by atoms with Crippen molar-refractivity contribution in [3.63, 3.8) is 0 Å². The van der Waals surface area contributed by atoms with Gasteiger partial charge in [0.1, 0.15) is 29.3 Å². The second-order valence-electron chi connectivity index (χ2n) is 20.0. The van der Waals surface area contributed by atoms with E-state index in [1.54, 1.807) is 4.90 Å².